The van der Waals surface area contributed by atoms with E-state index in [1.807, 2.05) is 30.3 Å². The van der Waals surface area contributed by atoms with Crippen LogP contribution >= 0.6 is 0 Å². The third-order valence-electron chi connectivity index (χ3n) is 5.10. The van der Waals surface area contributed by atoms with Gasteiger partial charge in [-0.05, 0) is 18.4 Å². The van der Waals surface area contributed by atoms with Gasteiger partial charge in [-0.2, -0.15) is 5.10 Å². The van der Waals surface area contributed by atoms with Gasteiger partial charge in [0, 0.05) is 43.9 Å². The molecule has 0 bridgehead atoms. The molecule has 1 N–H and O–H groups in total. The van der Waals surface area contributed by atoms with Crippen molar-refractivity contribution in [3.8, 4) is 23.0 Å². The van der Waals surface area contributed by atoms with Crippen LogP contribution < -0.4 is 0 Å². The molecule has 8 heteroatoms. The Morgan fingerprint density at radius 3 is 2.75 bits per heavy atom. The van der Waals surface area contributed by atoms with Crippen molar-refractivity contribution in [2.24, 2.45) is 7.05 Å². The number of hydrogen-bond donors (Lipinski definition) is 1. The third kappa shape index (κ3) is 4.04. The molecule has 162 valence electrons. The molecule has 1 atom stereocenters. The van der Waals surface area contributed by atoms with Crippen molar-refractivity contribution < 1.29 is 18.7 Å². The molecule has 0 saturated heterocycles. The number of ketones is 1. The number of aromatic amines is 1. The monoisotopic (exact) mass is 432 g/mol. The number of carbonyl (C=O) groups is 1. The normalized spacial score (nSPS) is 12.9. The number of fused-ring (bicyclic) bond motifs is 1. The van der Waals surface area contributed by atoms with Crippen LogP contribution in [0.5, 0.6) is 0 Å². The minimum Gasteiger partial charge on any atom is -0.359 e. The predicted molar refractivity (Wildman–Crippen MR) is 117 cm³/mol. The lowest BCUT2D eigenvalue weighted by molar-refractivity contribution is -0.0990. The number of pyridine rings is 1. The van der Waals surface area contributed by atoms with Gasteiger partial charge < -0.3 is 14.5 Å². The van der Waals surface area contributed by atoms with E-state index in [9.17, 15) is 4.79 Å². The second-order valence-corrected chi connectivity index (χ2v) is 7.34. The molecular formula is C24H21FN4O3. The van der Waals surface area contributed by atoms with E-state index >= 15 is 4.39 Å². The van der Waals surface area contributed by atoms with Crippen molar-refractivity contribution in [1.29, 1.82) is 0 Å². The number of methoxy groups -OCH3 is 1. The quantitative estimate of drug-likeness (QED) is 0.217. The largest absolute Gasteiger partial charge is 0.359 e. The van der Waals surface area contributed by atoms with Crippen LogP contribution in [0.4, 0.5) is 4.39 Å². The number of hydrogen-bond acceptors (Lipinski definition) is 5. The van der Waals surface area contributed by atoms with Crippen LogP contribution in [-0.2, 0) is 22.1 Å². The molecule has 0 radical (unpaired) electrons. The number of nitrogens with zero attached hydrogens (tertiary/aromatic N) is 3. The van der Waals surface area contributed by atoms with Crippen LogP contribution in [0, 0.1) is 17.7 Å². The van der Waals surface area contributed by atoms with E-state index in [2.05, 4.69) is 26.9 Å². The Bertz CT molecular complexity index is 1330. The number of Topliss-reactive ketones (excluding diaryl/α,β-unsaturated/α-hetero) is 1. The zero-order valence-electron chi connectivity index (χ0n) is 17.8. The standard InChI is InChI=1S/C24H21FN4O3/c1-24(32-15-31-3,17-7-5-4-6-8-17)10-9-20(30)19-13-27-23-21(19)22(25)18(12-26-23)16-11-28-29(2)14-16/h4-8,11-14H,15H2,1-3H3,(H,26,27). The van der Waals surface area contributed by atoms with E-state index < -0.39 is 17.2 Å². The summed E-state index contributed by atoms with van der Waals surface area (Å²) in [7, 11) is 3.25. The maximum absolute atomic E-state index is 15.4. The van der Waals surface area contributed by atoms with Gasteiger partial charge in [-0.1, -0.05) is 36.3 Å². The summed E-state index contributed by atoms with van der Waals surface area (Å²) in [6.07, 6.45) is 6.05. The van der Waals surface area contributed by atoms with Crippen LogP contribution in [0.15, 0.2) is 55.1 Å². The fourth-order valence-electron chi connectivity index (χ4n) is 3.37. The van der Waals surface area contributed by atoms with Crippen molar-refractivity contribution >= 4 is 16.8 Å². The molecule has 7 nitrogen and oxygen atoms in total. The molecule has 0 spiro atoms. The lowest BCUT2D eigenvalue weighted by Gasteiger charge is -2.24. The molecule has 4 aromatic rings. The summed E-state index contributed by atoms with van der Waals surface area (Å²) in [5.74, 6) is 4.40. The Morgan fingerprint density at radius 1 is 1.28 bits per heavy atom. The first kappa shape index (κ1) is 21.4. The zero-order chi connectivity index (χ0) is 22.7. The molecule has 32 heavy (non-hydrogen) atoms. The van der Waals surface area contributed by atoms with E-state index in [1.54, 1.807) is 24.9 Å². The molecular weight excluding hydrogens is 411 g/mol. The Labute approximate surface area is 184 Å². The number of ether oxygens (including phenoxy) is 2. The number of aromatic nitrogens is 4. The summed E-state index contributed by atoms with van der Waals surface area (Å²) in [5, 5.41) is 4.16. The summed E-state index contributed by atoms with van der Waals surface area (Å²) in [4.78, 5) is 20.1. The summed E-state index contributed by atoms with van der Waals surface area (Å²) >= 11 is 0. The van der Waals surface area contributed by atoms with Crippen molar-refractivity contribution in [3.63, 3.8) is 0 Å². The number of benzene rings is 1. The van der Waals surface area contributed by atoms with Crippen LogP contribution in [0.3, 0.4) is 0 Å². The van der Waals surface area contributed by atoms with Crippen LogP contribution in [0.25, 0.3) is 22.2 Å². The van der Waals surface area contributed by atoms with Crippen LogP contribution in [-0.4, -0.2) is 39.4 Å². The topological polar surface area (TPSA) is 82.0 Å². The first-order chi connectivity index (χ1) is 15.4. The highest BCUT2D eigenvalue weighted by atomic mass is 19.1. The molecule has 0 saturated carbocycles. The lowest BCUT2D eigenvalue weighted by Crippen LogP contribution is -2.25. The first-order valence-corrected chi connectivity index (χ1v) is 9.83. The van der Waals surface area contributed by atoms with E-state index in [0.29, 0.717) is 5.56 Å². The van der Waals surface area contributed by atoms with Gasteiger partial charge in [0.1, 0.15) is 18.3 Å². The van der Waals surface area contributed by atoms with E-state index in [4.69, 9.17) is 9.47 Å². The lowest BCUT2D eigenvalue weighted by atomic mass is 9.96. The number of nitrogens with one attached hydrogen (secondary N) is 1. The summed E-state index contributed by atoms with van der Waals surface area (Å²) < 4.78 is 27.7. The van der Waals surface area contributed by atoms with Crippen molar-refractivity contribution in [1.82, 2.24) is 19.7 Å². The minimum atomic E-state index is -1.09. The SMILES string of the molecule is COCOC(C)(C#CC(=O)c1c[nH]c2ncc(-c3cnn(C)c3)c(F)c12)c1ccccc1. The zero-order valence-corrected chi connectivity index (χ0v) is 17.8. The Balaban J connectivity index is 1.74. The van der Waals surface area contributed by atoms with Gasteiger partial charge in [-0.15, -0.1) is 0 Å². The average Bonchev–Trinajstić information content (AvgIpc) is 3.44. The summed E-state index contributed by atoms with van der Waals surface area (Å²) in [6.45, 7) is 1.74. The number of aryl methyl sites for hydroxylation is 1. The highest BCUT2D eigenvalue weighted by molar-refractivity contribution is 6.16. The molecule has 0 aliphatic carbocycles. The average molecular weight is 432 g/mol. The number of carbonyl (C=O) groups excluding carboxylic acids is 1. The number of H-pyrrole nitrogens is 1. The predicted octanol–water partition coefficient (Wildman–Crippen LogP) is 3.82. The Kier molecular flexibility index (Phi) is 5.86. The van der Waals surface area contributed by atoms with Gasteiger partial charge >= 0.3 is 0 Å². The first-order valence-electron chi connectivity index (χ1n) is 9.83. The number of rotatable bonds is 6. The third-order valence-corrected chi connectivity index (χ3v) is 5.10. The fraction of sp³-hybridized carbons (Fsp3) is 0.208. The van der Waals surface area contributed by atoms with Gasteiger partial charge in [0.15, 0.2) is 5.60 Å². The second kappa shape index (κ2) is 8.75. The number of halogens is 1. The van der Waals surface area contributed by atoms with Gasteiger partial charge in [-0.25, -0.2) is 9.37 Å². The van der Waals surface area contributed by atoms with Gasteiger partial charge in [0.05, 0.1) is 17.1 Å². The smallest absolute Gasteiger partial charge is 0.238 e. The molecule has 1 aromatic carbocycles. The summed E-state index contributed by atoms with van der Waals surface area (Å²) in [6, 6.07) is 9.29. The van der Waals surface area contributed by atoms with Crippen molar-refractivity contribution in [2.45, 2.75) is 12.5 Å². The molecule has 0 amide bonds. The van der Waals surface area contributed by atoms with Gasteiger partial charge in [-0.3, -0.25) is 9.48 Å². The Hall–Kier alpha value is -3.80. The molecule has 1 unspecified atom stereocenters. The van der Waals surface area contributed by atoms with Crippen LogP contribution in [0.1, 0.15) is 22.8 Å². The summed E-state index contributed by atoms with van der Waals surface area (Å²) in [5.41, 5.74) is 0.867. The molecule has 3 heterocycles. The van der Waals surface area contributed by atoms with Gasteiger partial charge in [0.25, 0.3) is 0 Å². The Morgan fingerprint density at radius 2 is 2.06 bits per heavy atom. The fourth-order valence-corrected chi connectivity index (χ4v) is 3.37. The van der Waals surface area contributed by atoms with E-state index in [1.165, 1.54) is 25.7 Å². The highest BCUT2D eigenvalue weighted by Gasteiger charge is 2.26. The minimum absolute atomic E-state index is 0.00559. The van der Waals surface area contributed by atoms with Crippen molar-refractivity contribution in [2.75, 3.05) is 13.9 Å². The van der Waals surface area contributed by atoms with E-state index in [0.717, 1.165) is 5.56 Å². The molecule has 3 aromatic heterocycles. The second-order valence-electron chi connectivity index (χ2n) is 7.34. The van der Waals surface area contributed by atoms with E-state index in [-0.39, 0.29) is 29.0 Å². The molecule has 0 aliphatic rings. The van der Waals surface area contributed by atoms with Gasteiger partial charge in [0.2, 0.25) is 5.78 Å². The van der Waals surface area contributed by atoms with Crippen LogP contribution in [0.2, 0.25) is 0 Å². The molecule has 4 rings (SSSR count). The maximum atomic E-state index is 15.4. The molecule has 0 fully saturated rings. The molecule has 0 aliphatic heterocycles. The van der Waals surface area contributed by atoms with Crippen molar-refractivity contribution in [3.05, 3.63) is 72.1 Å². The maximum Gasteiger partial charge on any atom is 0.238 e. The highest BCUT2D eigenvalue weighted by Crippen LogP contribution is 2.29.